The Morgan fingerprint density at radius 1 is 1.29 bits per heavy atom. The van der Waals surface area contributed by atoms with Gasteiger partial charge in [0.2, 0.25) is 5.82 Å². The summed E-state index contributed by atoms with van der Waals surface area (Å²) in [5.74, 6) is 4.02. The Bertz CT molecular complexity index is 488. The smallest absolute Gasteiger partial charge is 0.368 e. The molecule has 0 saturated heterocycles. The van der Waals surface area contributed by atoms with Crippen LogP contribution in [-0.4, -0.2) is 27.5 Å². The summed E-state index contributed by atoms with van der Waals surface area (Å²) in [6.45, 7) is 0.576. The maximum Gasteiger partial charge on any atom is 0.451 e. The molecule has 2 rings (SSSR count). The molecule has 1 aliphatic rings. The average molecular weight is 321 g/mol. The Labute approximate surface area is 125 Å². The molecule has 1 aromatic heterocycles. The van der Waals surface area contributed by atoms with Gasteiger partial charge in [-0.15, -0.1) is 0 Å². The number of nitrogens with zero attached hydrogens (tertiary/aromatic N) is 2. The lowest BCUT2D eigenvalue weighted by Crippen LogP contribution is -2.30. The number of hydrogen-bond donors (Lipinski definition) is 3. The van der Waals surface area contributed by atoms with Gasteiger partial charge in [0.05, 0.1) is 0 Å². The van der Waals surface area contributed by atoms with Crippen LogP contribution in [0.25, 0.3) is 0 Å². The molecule has 1 heterocycles. The third-order valence-corrected chi connectivity index (χ3v) is 5.09. The average Bonchev–Trinajstić information content (AvgIpc) is 2.93. The van der Waals surface area contributed by atoms with E-state index in [2.05, 4.69) is 20.7 Å². The van der Waals surface area contributed by atoms with Crippen LogP contribution in [0, 0.1) is 0 Å². The SMILES string of the molecule is CSC1(CNc2cc(NN)nc(C(F)(F)F)n2)CCCC1. The van der Waals surface area contributed by atoms with Crippen molar-refractivity contribution in [2.24, 2.45) is 5.84 Å². The number of hydrogen-bond acceptors (Lipinski definition) is 6. The third kappa shape index (κ3) is 3.91. The van der Waals surface area contributed by atoms with Gasteiger partial charge in [0.15, 0.2) is 0 Å². The van der Waals surface area contributed by atoms with Gasteiger partial charge < -0.3 is 10.7 Å². The van der Waals surface area contributed by atoms with Crippen molar-refractivity contribution in [2.75, 3.05) is 23.5 Å². The van der Waals surface area contributed by atoms with Crippen LogP contribution in [0.15, 0.2) is 6.07 Å². The standard InChI is InChI=1S/C12H18F3N5S/c1-21-11(4-2-3-5-11)7-17-8-6-9(20-16)19-10(18-8)12(13,14)15/h6H,2-5,7,16H2,1H3,(H2,17,18,19,20). The number of nitrogens with one attached hydrogen (secondary N) is 2. The summed E-state index contributed by atoms with van der Waals surface area (Å²) in [7, 11) is 0. The number of rotatable bonds is 5. The highest BCUT2D eigenvalue weighted by atomic mass is 32.2. The molecule has 0 spiro atoms. The fraction of sp³-hybridized carbons (Fsp3) is 0.667. The highest BCUT2D eigenvalue weighted by Gasteiger charge is 2.36. The van der Waals surface area contributed by atoms with Crippen molar-refractivity contribution >= 4 is 23.4 Å². The lowest BCUT2D eigenvalue weighted by atomic mass is 10.1. The molecular formula is C12H18F3N5S. The van der Waals surface area contributed by atoms with Crippen molar-refractivity contribution in [3.63, 3.8) is 0 Å². The Hall–Kier alpha value is -1.22. The van der Waals surface area contributed by atoms with Crippen molar-refractivity contribution in [3.8, 4) is 0 Å². The first kappa shape index (κ1) is 16.2. The number of nitrogens with two attached hydrogens (primary N) is 1. The summed E-state index contributed by atoms with van der Waals surface area (Å²) in [5, 5.41) is 3.00. The molecule has 0 amide bonds. The molecule has 0 atom stereocenters. The molecule has 0 radical (unpaired) electrons. The van der Waals surface area contributed by atoms with E-state index < -0.39 is 12.0 Å². The second kappa shape index (κ2) is 6.27. The molecule has 1 aromatic rings. The van der Waals surface area contributed by atoms with E-state index in [1.807, 2.05) is 6.26 Å². The number of halogens is 3. The number of thioether (sulfide) groups is 1. The second-order valence-corrected chi connectivity index (χ2v) is 6.33. The molecule has 0 bridgehead atoms. The van der Waals surface area contributed by atoms with Crippen LogP contribution in [-0.2, 0) is 6.18 Å². The van der Waals surface area contributed by atoms with Gasteiger partial charge in [0.25, 0.3) is 0 Å². The highest BCUT2D eigenvalue weighted by Crippen LogP contribution is 2.40. The quantitative estimate of drug-likeness (QED) is 0.572. The van der Waals surface area contributed by atoms with Crippen molar-refractivity contribution < 1.29 is 13.2 Å². The number of nitrogen functional groups attached to an aromatic ring is 1. The first-order chi connectivity index (χ1) is 9.88. The van der Waals surface area contributed by atoms with E-state index in [1.165, 1.54) is 6.07 Å². The Morgan fingerprint density at radius 3 is 2.43 bits per heavy atom. The van der Waals surface area contributed by atoms with Crippen LogP contribution in [0.3, 0.4) is 0 Å². The molecule has 118 valence electrons. The zero-order valence-corrected chi connectivity index (χ0v) is 12.4. The Morgan fingerprint density at radius 2 is 1.90 bits per heavy atom. The number of aromatic nitrogens is 2. The van der Waals surface area contributed by atoms with Crippen LogP contribution in [0.2, 0.25) is 0 Å². The molecule has 9 heteroatoms. The van der Waals surface area contributed by atoms with Crippen LogP contribution in [0.4, 0.5) is 24.8 Å². The summed E-state index contributed by atoms with van der Waals surface area (Å²) < 4.78 is 38.3. The van der Waals surface area contributed by atoms with Gasteiger partial charge in [0, 0.05) is 17.4 Å². The predicted molar refractivity (Wildman–Crippen MR) is 78.0 cm³/mol. The fourth-order valence-electron chi connectivity index (χ4n) is 2.46. The molecule has 4 N–H and O–H groups in total. The van der Waals surface area contributed by atoms with Crippen molar-refractivity contribution in [2.45, 2.75) is 36.6 Å². The van der Waals surface area contributed by atoms with E-state index in [4.69, 9.17) is 5.84 Å². The van der Waals surface area contributed by atoms with Crippen molar-refractivity contribution in [3.05, 3.63) is 11.9 Å². The molecule has 1 aliphatic carbocycles. The molecule has 0 aromatic carbocycles. The van der Waals surface area contributed by atoms with Gasteiger partial charge in [-0.25, -0.2) is 15.8 Å². The Kier molecular flexibility index (Phi) is 4.82. The summed E-state index contributed by atoms with van der Waals surface area (Å²) in [6, 6.07) is 1.37. The summed E-state index contributed by atoms with van der Waals surface area (Å²) in [5.41, 5.74) is 2.13. The zero-order valence-electron chi connectivity index (χ0n) is 11.6. The van der Waals surface area contributed by atoms with Gasteiger partial charge >= 0.3 is 6.18 Å². The molecule has 0 aliphatic heterocycles. The van der Waals surface area contributed by atoms with Crippen LogP contribution < -0.4 is 16.6 Å². The largest absolute Gasteiger partial charge is 0.451 e. The van der Waals surface area contributed by atoms with E-state index in [0.29, 0.717) is 6.54 Å². The molecule has 5 nitrogen and oxygen atoms in total. The van der Waals surface area contributed by atoms with Crippen molar-refractivity contribution in [1.29, 1.82) is 0 Å². The highest BCUT2D eigenvalue weighted by molar-refractivity contribution is 8.00. The second-order valence-electron chi connectivity index (χ2n) is 5.05. The number of anilines is 2. The zero-order chi connectivity index (χ0) is 15.5. The maximum atomic E-state index is 12.7. The minimum absolute atomic E-state index is 0.0653. The topological polar surface area (TPSA) is 75.9 Å². The van der Waals surface area contributed by atoms with Gasteiger partial charge in [-0.3, -0.25) is 0 Å². The number of hydrazine groups is 1. The lowest BCUT2D eigenvalue weighted by molar-refractivity contribution is -0.144. The van der Waals surface area contributed by atoms with E-state index in [9.17, 15) is 13.2 Å². The van der Waals surface area contributed by atoms with E-state index in [0.717, 1.165) is 25.7 Å². The fourth-order valence-corrected chi connectivity index (χ4v) is 3.38. The van der Waals surface area contributed by atoms with Crippen LogP contribution >= 0.6 is 11.8 Å². The minimum atomic E-state index is -4.60. The van der Waals surface area contributed by atoms with E-state index in [1.54, 1.807) is 11.8 Å². The number of alkyl halides is 3. The first-order valence-electron chi connectivity index (χ1n) is 6.60. The summed E-state index contributed by atoms with van der Waals surface area (Å²) >= 11 is 1.75. The molecular weight excluding hydrogens is 303 g/mol. The van der Waals surface area contributed by atoms with E-state index >= 15 is 0 Å². The Balaban J connectivity index is 2.15. The van der Waals surface area contributed by atoms with Crippen LogP contribution in [0.1, 0.15) is 31.5 Å². The monoisotopic (exact) mass is 321 g/mol. The summed E-state index contributed by atoms with van der Waals surface area (Å²) in [6.07, 6.45) is 1.83. The molecule has 1 saturated carbocycles. The van der Waals surface area contributed by atoms with Gasteiger partial charge in [-0.1, -0.05) is 12.8 Å². The predicted octanol–water partition coefficient (Wildman–Crippen LogP) is 2.87. The third-order valence-electron chi connectivity index (χ3n) is 3.67. The van der Waals surface area contributed by atoms with E-state index in [-0.39, 0.29) is 16.4 Å². The minimum Gasteiger partial charge on any atom is -0.368 e. The lowest BCUT2D eigenvalue weighted by Gasteiger charge is -2.27. The molecule has 21 heavy (non-hydrogen) atoms. The van der Waals surface area contributed by atoms with Crippen molar-refractivity contribution in [1.82, 2.24) is 9.97 Å². The summed E-state index contributed by atoms with van der Waals surface area (Å²) in [4.78, 5) is 6.85. The maximum absolute atomic E-state index is 12.7. The van der Waals surface area contributed by atoms with Gasteiger partial charge in [-0.05, 0) is 19.1 Å². The first-order valence-corrected chi connectivity index (χ1v) is 7.83. The van der Waals surface area contributed by atoms with Crippen LogP contribution in [0.5, 0.6) is 0 Å². The molecule has 0 unspecified atom stereocenters. The normalized spacial score (nSPS) is 17.8. The molecule has 1 fully saturated rings. The van der Waals surface area contributed by atoms with Gasteiger partial charge in [-0.2, -0.15) is 24.9 Å². The van der Waals surface area contributed by atoms with Gasteiger partial charge in [0.1, 0.15) is 11.6 Å².